The van der Waals surface area contributed by atoms with Crippen LogP contribution >= 0.6 is 11.8 Å². The van der Waals surface area contributed by atoms with Gasteiger partial charge in [0.05, 0.1) is 7.11 Å². The molecule has 0 heterocycles. The smallest absolute Gasteiger partial charge is 0.322 e. The van der Waals surface area contributed by atoms with Gasteiger partial charge in [-0.15, -0.1) is 11.8 Å². The minimum absolute atomic E-state index is 0.200. The molecule has 4 heteroatoms. The maximum Gasteiger partial charge on any atom is 0.322 e. The molecule has 0 aromatic heterocycles. The van der Waals surface area contributed by atoms with E-state index in [1.165, 1.54) is 17.6 Å². The first-order valence-corrected chi connectivity index (χ1v) is 6.72. The first-order chi connectivity index (χ1) is 8.10. The summed E-state index contributed by atoms with van der Waals surface area (Å²) in [6.07, 6.45) is 2.06. The van der Waals surface area contributed by atoms with E-state index in [1.54, 1.807) is 11.8 Å². The zero-order valence-electron chi connectivity index (χ0n) is 10.8. The molecule has 94 valence electrons. The van der Waals surface area contributed by atoms with Crippen LogP contribution in [0.15, 0.2) is 29.2 Å². The second-order valence-electron chi connectivity index (χ2n) is 3.93. The van der Waals surface area contributed by atoms with Gasteiger partial charge in [-0.2, -0.15) is 0 Å². The van der Waals surface area contributed by atoms with Gasteiger partial charge in [0, 0.05) is 11.4 Å². The van der Waals surface area contributed by atoms with Gasteiger partial charge in [-0.05, 0) is 31.9 Å². The third-order valence-electron chi connectivity index (χ3n) is 2.82. The lowest BCUT2D eigenvalue weighted by atomic mass is 10.2. The Hall–Kier alpha value is -1.00. The number of likely N-dealkylation sites (N-methyl/N-ethyl adjacent to an activating group) is 1. The van der Waals surface area contributed by atoms with E-state index in [0.717, 1.165) is 6.54 Å². The first kappa shape index (κ1) is 14.1. The van der Waals surface area contributed by atoms with Crippen molar-refractivity contribution in [2.24, 2.45) is 0 Å². The molecular formula is C13H19NO2S. The van der Waals surface area contributed by atoms with Crippen molar-refractivity contribution in [3.8, 4) is 0 Å². The molecule has 0 unspecified atom stereocenters. The molecule has 1 atom stereocenters. The van der Waals surface area contributed by atoms with Crippen LogP contribution in [-0.2, 0) is 16.1 Å². The van der Waals surface area contributed by atoms with E-state index < -0.39 is 0 Å². The highest BCUT2D eigenvalue weighted by Crippen LogP contribution is 2.21. The highest BCUT2D eigenvalue weighted by atomic mass is 32.2. The summed E-state index contributed by atoms with van der Waals surface area (Å²) in [6, 6.07) is 8.00. The Labute approximate surface area is 107 Å². The molecule has 0 aliphatic rings. The summed E-state index contributed by atoms with van der Waals surface area (Å²) in [7, 11) is 3.35. The van der Waals surface area contributed by atoms with E-state index in [-0.39, 0.29) is 12.0 Å². The van der Waals surface area contributed by atoms with Crippen molar-refractivity contribution in [1.29, 1.82) is 0 Å². The van der Waals surface area contributed by atoms with Gasteiger partial charge >= 0.3 is 5.97 Å². The van der Waals surface area contributed by atoms with Crippen molar-refractivity contribution in [1.82, 2.24) is 4.90 Å². The maximum atomic E-state index is 11.4. The highest BCUT2D eigenvalue weighted by Gasteiger charge is 2.19. The van der Waals surface area contributed by atoms with Gasteiger partial charge in [0.1, 0.15) is 6.04 Å². The van der Waals surface area contributed by atoms with Crippen LogP contribution in [-0.4, -0.2) is 37.3 Å². The fourth-order valence-electron chi connectivity index (χ4n) is 1.59. The summed E-state index contributed by atoms with van der Waals surface area (Å²) in [5, 5.41) is 0. The molecule has 0 bridgehead atoms. The van der Waals surface area contributed by atoms with Crippen molar-refractivity contribution in [2.45, 2.75) is 24.4 Å². The molecule has 0 saturated heterocycles. The topological polar surface area (TPSA) is 29.5 Å². The van der Waals surface area contributed by atoms with E-state index in [0.29, 0.717) is 0 Å². The lowest BCUT2D eigenvalue weighted by Gasteiger charge is -2.23. The van der Waals surface area contributed by atoms with Crippen molar-refractivity contribution in [3.63, 3.8) is 0 Å². The van der Waals surface area contributed by atoms with Gasteiger partial charge in [-0.1, -0.05) is 18.2 Å². The number of thioether (sulfide) groups is 1. The standard InChI is InChI=1S/C13H19NO2S/c1-10(13(15)16-3)14(2)9-11-7-5-6-8-12(11)17-4/h5-8,10H,9H2,1-4H3/t10-/m0/s1. The van der Waals surface area contributed by atoms with E-state index in [2.05, 4.69) is 18.4 Å². The molecule has 1 aromatic rings. The SMILES string of the molecule is COC(=O)[C@H](C)N(C)Cc1ccccc1SC. The highest BCUT2D eigenvalue weighted by molar-refractivity contribution is 7.98. The average Bonchev–Trinajstić information content (AvgIpc) is 2.37. The monoisotopic (exact) mass is 253 g/mol. The van der Waals surface area contributed by atoms with Crippen LogP contribution in [0, 0.1) is 0 Å². The molecule has 0 N–H and O–H groups in total. The van der Waals surface area contributed by atoms with Crippen molar-refractivity contribution < 1.29 is 9.53 Å². The third kappa shape index (κ3) is 3.75. The number of benzene rings is 1. The Kier molecular flexibility index (Phi) is 5.51. The van der Waals surface area contributed by atoms with Crippen molar-refractivity contribution in [3.05, 3.63) is 29.8 Å². The normalized spacial score (nSPS) is 12.5. The predicted octanol–water partition coefficient (Wildman–Crippen LogP) is 2.40. The molecule has 3 nitrogen and oxygen atoms in total. The third-order valence-corrected chi connectivity index (χ3v) is 3.65. The molecule has 0 fully saturated rings. The largest absolute Gasteiger partial charge is 0.468 e. The Morgan fingerprint density at radius 1 is 1.47 bits per heavy atom. The number of esters is 1. The van der Waals surface area contributed by atoms with Crippen LogP contribution in [0.3, 0.4) is 0 Å². The molecule has 17 heavy (non-hydrogen) atoms. The maximum absolute atomic E-state index is 11.4. The number of methoxy groups -OCH3 is 1. The summed E-state index contributed by atoms with van der Waals surface area (Å²) < 4.78 is 4.74. The van der Waals surface area contributed by atoms with E-state index in [1.807, 2.05) is 31.0 Å². The molecule has 0 saturated carbocycles. The number of rotatable bonds is 5. The summed E-state index contributed by atoms with van der Waals surface area (Å²) in [5.74, 6) is -0.200. The zero-order valence-corrected chi connectivity index (χ0v) is 11.6. The molecule has 0 radical (unpaired) electrons. The number of nitrogens with zero attached hydrogens (tertiary/aromatic N) is 1. The lowest BCUT2D eigenvalue weighted by Crippen LogP contribution is -2.36. The minimum atomic E-state index is -0.227. The number of hydrogen-bond donors (Lipinski definition) is 0. The quantitative estimate of drug-likeness (QED) is 0.595. The van der Waals surface area contributed by atoms with E-state index >= 15 is 0 Å². The molecule has 0 amide bonds. The lowest BCUT2D eigenvalue weighted by molar-refractivity contribution is -0.145. The summed E-state index contributed by atoms with van der Waals surface area (Å²) >= 11 is 1.72. The number of ether oxygens (including phenoxy) is 1. The molecular weight excluding hydrogens is 234 g/mol. The summed E-state index contributed by atoms with van der Waals surface area (Å²) in [4.78, 5) is 14.7. The summed E-state index contributed by atoms with van der Waals surface area (Å²) in [5.41, 5.74) is 1.23. The Bertz CT molecular complexity index is 381. The molecule has 1 rings (SSSR count). The van der Waals surface area contributed by atoms with Gasteiger partial charge in [0.25, 0.3) is 0 Å². The fourth-order valence-corrected chi connectivity index (χ4v) is 2.20. The Morgan fingerprint density at radius 2 is 2.12 bits per heavy atom. The second-order valence-corrected chi connectivity index (χ2v) is 4.77. The molecule has 0 aliphatic heterocycles. The number of hydrogen-bond acceptors (Lipinski definition) is 4. The zero-order chi connectivity index (χ0) is 12.8. The van der Waals surface area contributed by atoms with Crippen molar-refractivity contribution >= 4 is 17.7 Å². The van der Waals surface area contributed by atoms with Crippen LogP contribution in [0.4, 0.5) is 0 Å². The van der Waals surface area contributed by atoms with Gasteiger partial charge in [0.15, 0.2) is 0 Å². The van der Waals surface area contributed by atoms with Crippen LogP contribution in [0.1, 0.15) is 12.5 Å². The van der Waals surface area contributed by atoms with E-state index in [9.17, 15) is 4.79 Å². The Morgan fingerprint density at radius 3 is 2.71 bits per heavy atom. The van der Waals surface area contributed by atoms with Crippen LogP contribution < -0.4 is 0 Å². The number of carbonyl (C=O) groups is 1. The van der Waals surface area contributed by atoms with Gasteiger partial charge in [0.2, 0.25) is 0 Å². The Balaban J connectivity index is 2.73. The van der Waals surface area contributed by atoms with Gasteiger partial charge in [-0.25, -0.2) is 0 Å². The summed E-state index contributed by atoms with van der Waals surface area (Å²) in [6.45, 7) is 2.60. The van der Waals surface area contributed by atoms with Crippen LogP contribution in [0.25, 0.3) is 0 Å². The van der Waals surface area contributed by atoms with Crippen LogP contribution in [0.2, 0.25) is 0 Å². The van der Waals surface area contributed by atoms with Gasteiger partial charge in [-0.3, -0.25) is 9.69 Å². The molecule has 0 spiro atoms. The van der Waals surface area contributed by atoms with Crippen LogP contribution in [0.5, 0.6) is 0 Å². The predicted molar refractivity (Wildman–Crippen MR) is 71.2 cm³/mol. The molecule has 1 aromatic carbocycles. The second kappa shape index (κ2) is 6.67. The first-order valence-electron chi connectivity index (χ1n) is 5.50. The minimum Gasteiger partial charge on any atom is -0.468 e. The number of carbonyl (C=O) groups excluding carboxylic acids is 1. The van der Waals surface area contributed by atoms with Gasteiger partial charge < -0.3 is 4.74 Å². The average molecular weight is 253 g/mol. The van der Waals surface area contributed by atoms with E-state index in [4.69, 9.17) is 4.74 Å². The fraction of sp³-hybridized carbons (Fsp3) is 0.462. The molecule has 0 aliphatic carbocycles. The van der Waals surface area contributed by atoms with Crippen molar-refractivity contribution in [2.75, 3.05) is 20.4 Å².